The number of nitrogens with zero attached hydrogens (tertiary/aromatic N) is 4. The molecule has 0 saturated carbocycles. The Morgan fingerprint density at radius 3 is 2.71 bits per heavy atom. The highest BCUT2D eigenvalue weighted by atomic mass is 16.5. The number of aromatic nitrogens is 2. The lowest BCUT2D eigenvalue weighted by atomic mass is 9.99. The molecule has 0 aliphatic heterocycles. The number of benzene rings is 3. The molecular formula is C30H27N5O3. The van der Waals surface area contributed by atoms with E-state index >= 15 is 0 Å². The van der Waals surface area contributed by atoms with Gasteiger partial charge in [0.25, 0.3) is 0 Å². The average molecular weight is 506 g/mol. The Morgan fingerprint density at radius 2 is 1.97 bits per heavy atom. The number of imidazole rings is 1. The van der Waals surface area contributed by atoms with E-state index in [-0.39, 0.29) is 0 Å². The second-order valence-corrected chi connectivity index (χ2v) is 8.97. The first-order chi connectivity index (χ1) is 18.4. The second kappa shape index (κ2) is 10.6. The fourth-order valence-corrected chi connectivity index (χ4v) is 4.38. The number of hydrogen-bond donors (Lipinski definition) is 1. The molecule has 3 aromatic carbocycles. The molecule has 0 bridgehead atoms. The minimum absolute atomic E-state index is 0.358. The van der Waals surface area contributed by atoms with E-state index in [4.69, 9.17) is 15.0 Å². The summed E-state index contributed by atoms with van der Waals surface area (Å²) < 4.78 is 13.0. The second-order valence-electron chi connectivity index (χ2n) is 8.97. The zero-order chi connectivity index (χ0) is 26.6. The summed E-state index contributed by atoms with van der Waals surface area (Å²) in [5.41, 5.74) is 6.98. The van der Waals surface area contributed by atoms with E-state index in [1.165, 1.54) is 6.07 Å². The molecule has 5 rings (SSSR count). The number of aryl methyl sites for hydroxylation is 2. The normalized spacial score (nSPS) is 11.9. The van der Waals surface area contributed by atoms with Gasteiger partial charge >= 0.3 is 5.63 Å². The zero-order valence-electron chi connectivity index (χ0n) is 21.4. The highest BCUT2D eigenvalue weighted by Gasteiger charge is 2.11. The van der Waals surface area contributed by atoms with Crippen molar-refractivity contribution in [3.05, 3.63) is 112 Å². The van der Waals surface area contributed by atoms with Crippen molar-refractivity contribution in [2.24, 2.45) is 15.9 Å². The predicted octanol–water partition coefficient (Wildman–Crippen LogP) is 5.20. The van der Waals surface area contributed by atoms with Crippen molar-refractivity contribution in [1.82, 2.24) is 9.55 Å². The lowest BCUT2D eigenvalue weighted by Gasteiger charge is -2.11. The smallest absolute Gasteiger partial charge is 0.336 e. The molecule has 0 amide bonds. The van der Waals surface area contributed by atoms with Gasteiger partial charge in [-0.15, -0.1) is 0 Å². The van der Waals surface area contributed by atoms with Gasteiger partial charge in [-0.3, -0.25) is 4.99 Å². The van der Waals surface area contributed by atoms with E-state index < -0.39 is 5.63 Å². The summed E-state index contributed by atoms with van der Waals surface area (Å²) in [6.45, 7) is 4.31. The number of ether oxygens (including phenoxy) is 1. The molecule has 2 N–H and O–H groups in total. The quantitative estimate of drug-likeness (QED) is 0.141. The summed E-state index contributed by atoms with van der Waals surface area (Å²) in [7, 11) is 1.61. The fraction of sp³-hybridized carbons (Fsp3) is 0.133. The van der Waals surface area contributed by atoms with Crippen LogP contribution in [0.15, 0.2) is 98.6 Å². The minimum atomic E-state index is -0.393. The standard InChI is InChI=1S/C30H27N5O3/c1-19-5-4-6-22(11-19)25-14-30(36)38-28-12-21(7-9-24(25)28)15-32-16-26(34-31)23-8-10-27(29(13-23)37-3)35-17-20(2)33-18-35/h4-14,16-18H,15,31H2,1-3H3/b32-16?,34-26+. The Morgan fingerprint density at radius 1 is 1.11 bits per heavy atom. The van der Waals surface area contributed by atoms with Gasteiger partial charge in [0.05, 0.1) is 31.4 Å². The third-order valence-electron chi connectivity index (χ3n) is 6.23. The molecule has 0 unspecified atom stereocenters. The van der Waals surface area contributed by atoms with Gasteiger partial charge in [0, 0.05) is 29.4 Å². The van der Waals surface area contributed by atoms with Crippen molar-refractivity contribution in [3.8, 4) is 22.6 Å². The predicted molar refractivity (Wildman–Crippen MR) is 150 cm³/mol. The maximum absolute atomic E-state index is 12.3. The lowest BCUT2D eigenvalue weighted by molar-refractivity contribution is 0.413. The average Bonchev–Trinajstić information content (AvgIpc) is 3.36. The first-order valence-corrected chi connectivity index (χ1v) is 12.1. The summed E-state index contributed by atoms with van der Waals surface area (Å²) in [6.07, 6.45) is 5.29. The van der Waals surface area contributed by atoms with Crippen LogP contribution in [0.25, 0.3) is 27.8 Å². The summed E-state index contributed by atoms with van der Waals surface area (Å²) >= 11 is 0. The summed E-state index contributed by atoms with van der Waals surface area (Å²) in [5, 5.41) is 4.79. The Hall–Kier alpha value is -4.98. The van der Waals surface area contributed by atoms with E-state index in [0.29, 0.717) is 23.6 Å². The zero-order valence-corrected chi connectivity index (χ0v) is 21.4. The van der Waals surface area contributed by atoms with Crippen LogP contribution in [-0.4, -0.2) is 28.6 Å². The van der Waals surface area contributed by atoms with Crippen LogP contribution < -0.4 is 16.2 Å². The number of hydrogen-bond acceptors (Lipinski definition) is 7. The van der Waals surface area contributed by atoms with E-state index in [1.807, 2.05) is 79.2 Å². The molecule has 0 spiro atoms. The maximum atomic E-state index is 12.3. The SMILES string of the molecule is COc1cc(/C(C=NCc2ccc3c(-c4cccc(C)c4)cc(=O)oc3c2)=N/N)ccc1-n1cnc(C)c1. The molecule has 0 aliphatic carbocycles. The van der Waals surface area contributed by atoms with Gasteiger partial charge < -0.3 is 19.6 Å². The van der Waals surface area contributed by atoms with Crippen LogP contribution in [-0.2, 0) is 6.54 Å². The van der Waals surface area contributed by atoms with Gasteiger partial charge in [0.1, 0.15) is 17.0 Å². The Balaban J connectivity index is 1.39. The molecular weight excluding hydrogens is 478 g/mol. The number of fused-ring (bicyclic) bond motifs is 1. The molecule has 38 heavy (non-hydrogen) atoms. The van der Waals surface area contributed by atoms with Crippen molar-refractivity contribution < 1.29 is 9.15 Å². The molecule has 190 valence electrons. The minimum Gasteiger partial charge on any atom is -0.495 e. The van der Waals surface area contributed by atoms with E-state index in [2.05, 4.69) is 21.1 Å². The Kier molecular flexibility index (Phi) is 6.86. The van der Waals surface area contributed by atoms with Crippen LogP contribution in [0.4, 0.5) is 0 Å². The van der Waals surface area contributed by atoms with E-state index in [9.17, 15) is 4.79 Å². The molecule has 0 atom stereocenters. The van der Waals surface area contributed by atoms with Crippen LogP contribution in [0.3, 0.4) is 0 Å². The lowest BCUT2D eigenvalue weighted by Crippen LogP contribution is -2.07. The topological polar surface area (TPSA) is 108 Å². The molecule has 8 nitrogen and oxygen atoms in total. The monoisotopic (exact) mass is 505 g/mol. The number of nitrogens with two attached hydrogens (primary N) is 1. The van der Waals surface area contributed by atoms with Gasteiger partial charge in [-0.1, -0.05) is 48.0 Å². The summed E-state index contributed by atoms with van der Waals surface area (Å²) in [4.78, 5) is 21.1. The Labute approximate surface area is 219 Å². The molecule has 2 heterocycles. The van der Waals surface area contributed by atoms with Gasteiger partial charge in [0.15, 0.2) is 0 Å². The number of methoxy groups -OCH3 is 1. The van der Waals surface area contributed by atoms with Gasteiger partial charge in [0.2, 0.25) is 0 Å². The van der Waals surface area contributed by atoms with Crippen LogP contribution in [0.5, 0.6) is 5.75 Å². The third kappa shape index (κ3) is 5.10. The van der Waals surface area contributed by atoms with E-state index in [0.717, 1.165) is 44.6 Å². The highest BCUT2D eigenvalue weighted by Crippen LogP contribution is 2.29. The first-order valence-electron chi connectivity index (χ1n) is 12.1. The number of hydrazone groups is 1. The number of rotatable bonds is 7. The largest absolute Gasteiger partial charge is 0.495 e. The maximum Gasteiger partial charge on any atom is 0.336 e. The van der Waals surface area contributed by atoms with Crippen molar-refractivity contribution in [3.63, 3.8) is 0 Å². The summed E-state index contributed by atoms with van der Waals surface area (Å²) in [6, 6.07) is 21.0. The molecule has 2 aromatic heterocycles. The van der Waals surface area contributed by atoms with Crippen LogP contribution in [0.2, 0.25) is 0 Å². The highest BCUT2D eigenvalue weighted by molar-refractivity contribution is 6.38. The van der Waals surface area contributed by atoms with Crippen molar-refractivity contribution >= 4 is 22.9 Å². The van der Waals surface area contributed by atoms with Gasteiger partial charge in [-0.2, -0.15) is 5.10 Å². The molecule has 8 heteroatoms. The first kappa shape index (κ1) is 24.7. The van der Waals surface area contributed by atoms with Crippen molar-refractivity contribution in [2.75, 3.05) is 7.11 Å². The number of aliphatic imine (C=N–C) groups is 1. The van der Waals surface area contributed by atoms with Crippen LogP contribution in [0, 0.1) is 13.8 Å². The molecule has 0 saturated heterocycles. The van der Waals surface area contributed by atoms with E-state index in [1.54, 1.807) is 19.7 Å². The van der Waals surface area contributed by atoms with Crippen molar-refractivity contribution in [1.29, 1.82) is 0 Å². The Bertz CT molecular complexity index is 1750. The van der Waals surface area contributed by atoms with Gasteiger partial charge in [-0.25, -0.2) is 9.78 Å². The van der Waals surface area contributed by atoms with Crippen LogP contribution >= 0.6 is 0 Å². The van der Waals surface area contributed by atoms with Crippen molar-refractivity contribution in [2.45, 2.75) is 20.4 Å². The molecule has 5 aromatic rings. The molecule has 0 aliphatic rings. The van der Waals surface area contributed by atoms with Gasteiger partial charge in [-0.05, 0) is 48.7 Å². The fourth-order valence-electron chi connectivity index (χ4n) is 4.38. The molecule has 0 radical (unpaired) electrons. The third-order valence-corrected chi connectivity index (χ3v) is 6.23. The molecule has 0 fully saturated rings. The van der Waals surface area contributed by atoms with Crippen LogP contribution in [0.1, 0.15) is 22.4 Å². The summed E-state index contributed by atoms with van der Waals surface area (Å²) in [5.74, 6) is 6.35.